The molecule has 0 spiro atoms. The summed E-state index contributed by atoms with van der Waals surface area (Å²) >= 11 is 0. The lowest BCUT2D eigenvalue weighted by molar-refractivity contribution is 0.234. The molecule has 0 aliphatic carbocycles. The van der Waals surface area contributed by atoms with E-state index in [9.17, 15) is 0 Å². The van der Waals surface area contributed by atoms with Gasteiger partial charge in [-0.3, -0.25) is 9.55 Å². The van der Waals surface area contributed by atoms with Crippen molar-refractivity contribution in [3.63, 3.8) is 0 Å². The molecule has 0 amide bonds. The molecule has 2 aromatic heterocycles. The lowest BCUT2D eigenvalue weighted by Crippen LogP contribution is -2.14. The van der Waals surface area contributed by atoms with Crippen LogP contribution in [0.15, 0.2) is 54.7 Å². The van der Waals surface area contributed by atoms with Crippen LogP contribution in [0.4, 0.5) is 0 Å². The molecule has 2 aromatic carbocycles. The van der Waals surface area contributed by atoms with E-state index < -0.39 is 0 Å². The van der Waals surface area contributed by atoms with Crippen LogP contribution in [0.1, 0.15) is 12.0 Å². The highest BCUT2D eigenvalue weighted by Crippen LogP contribution is 2.31. The Hall–Kier alpha value is -3.08. The standard InChI is InChI=1S/C20H17N3O2/c1-2-5-14(6-3-1)13-25-15-7-8-16-17(11-15)21-12-18-19(16)23-9-4-10-24-20(23)22-18/h1-3,5-8,11-12H,4,9-10,13H2. The number of benzene rings is 2. The summed E-state index contributed by atoms with van der Waals surface area (Å²) in [5.41, 5.74) is 4.02. The Labute approximate surface area is 144 Å². The zero-order valence-corrected chi connectivity index (χ0v) is 13.7. The molecule has 5 heteroatoms. The first-order valence-electron chi connectivity index (χ1n) is 8.47. The van der Waals surface area contributed by atoms with Crippen LogP contribution in [-0.4, -0.2) is 21.1 Å². The van der Waals surface area contributed by atoms with Crippen molar-refractivity contribution in [3.8, 4) is 11.8 Å². The number of ether oxygens (including phenoxy) is 2. The number of hydrogen-bond acceptors (Lipinski definition) is 4. The van der Waals surface area contributed by atoms with Crippen molar-refractivity contribution in [1.29, 1.82) is 0 Å². The number of hydrogen-bond donors (Lipinski definition) is 0. The largest absolute Gasteiger partial charge is 0.489 e. The number of aryl methyl sites for hydroxylation is 1. The van der Waals surface area contributed by atoms with Gasteiger partial charge in [0, 0.05) is 18.0 Å². The van der Waals surface area contributed by atoms with Gasteiger partial charge in [0.1, 0.15) is 17.9 Å². The zero-order valence-electron chi connectivity index (χ0n) is 13.7. The van der Waals surface area contributed by atoms with Crippen LogP contribution in [0.3, 0.4) is 0 Å². The Morgan fingerprint density at radius 1 is 1.08 bits per heavy atom. The summed E-state index contributed by atoms with van der Waals surface area (Å²) in [6.45, 7) is 2.20. The Bertz CT molecular complexity index is 1060. The van der Waals surface area contributed by atoms with Crippen molar-refractivity contribution >= 4 is 21.9 Å². The van der Waals surface area contributed by atoms with Crippen LogP contribution < -0.4 is 9.47 Å². The van der Waals surface area contributed by atoms with Crippen LogP contribution in [0, 0.1) is 0 Å². The first kappa shape index (κ1) is 14.3. The molecule has 25 heavy (non-hydrogen) atoms. The molecule has 0 fully saturated rings. The SMILES string of the molecule is c1ccc(COc2ccc3c(c2)ncc2nc4n(c23)CCCO4)cc1. The molecule has 0 saturated heterocycles. The van der Waals surface area contributed by atoms with Crippen molar-refractivity contribution < 1.29 is 9.47 Å². The second kappa shape index (κ2) is 5.77. The lowest BCUT2D eigenvalue weighted by atomic mass is 10.2. The predicted molar refractivity (Wildman–Crippen MR) is 95.9 cm³/mol. The number of imidazole rings is 1. The van der Waals surface area contributed by atoms with E-state index >= 15 is 0 Å². The van der Waals surface area contributed by atoms with E-state index in [0.717, 1.165) is 52.8 Å². The molecular weight excluding hydrogens is 314 g/mol. The van der Waals surface area contributed by atoms with E-state index in [1.54, 1.807) is 0 Å². The molecule has 3 heterocycles. The average molecular weight is 331 g/mol. The first-order valence-corrected chi connectivity index (χ1v) is 8.47. The third kappa shape index (κ3) is 2.48. The molecule has 5 nitrogen and oxygen atoms in total. The van der Waals surface area contributed by atoms with Gasteiger partial charge in [-0.2, -0.15) is 4.98 Å². The summed E-state index contributed by atoms with van der Waals surface area (Å²) in [5, 5.41) is 1.08. The first-order chi connectivity index (χ1) is 12.4. The van der Waals surface area contributed by atoms with Crippen molar-refractivity contribution in [3.05, 3.63) is 60.3 Å². The van der Waals surface area contributed by atoms with E-state index in [2.05, 4.69) is 32.7 Å². The minimum Gasteiger partial charge on any atom is -0.489 e. The maximum atomic E-state index is 5.92. The summed E-state index contributed by atoms with van der Waals surface area (Å²) < 4.78 is 13.7. The summed E-state index contributed by atoms with van der Waals surface area (Å²) in [4.78, 5) is 9.11. The Kier molecular flexibility index (Phi) is 3.30. The van der Waals surface area contributed by atoms with Crippen LogP contribution in [0.25, 0.3) is 21.9 Å². The molecule has 4 aromatic rings. The van der Waals surface area contributed by atoms with E-state index in [4.69, 9.17) is 9.47 Å². The summed E-state index contributed by atoms with van der Waals surface area (Å²) in [5.74, 6) is 0.817. The van der Waals surface area contributed by atoms with Gasteiger partial charge >= 0.3 is 0 Å². The number of rotatable bonds is 3. The van der Waals surface area contributed by atoms with Crippen molar-refractivity contribution in [2.45, 2.75) is 19.6 Å². The number of nitrogens with zero attached hydrogens (tertiary/aromatic N) is 3. The molecule has 1 aliphatic heterocycles. The van der Waals surface area contributed by atoms with Gasteiger partial charge in [-0.1, -0.05) is 30.3 Å². The van der Waals surface area contributed by atoms with Crippen LogP contribution >= 0.6 is 0 Å². The normalized spacial score (nSPS) is 13.6. The molecule has 0 radical (unpaired) electrons. The summed E-state index contributed by atoms with van der Waals surface area (Å²) in [6.07, 6.45) is 2.81. The second-order valence-corrected chi connectivity index (χ2v) is 6.19. The summed E-state index contributed by atoms with van der Waals surface area (Å²) in [7, 11) is 0. The molecule has 0 saturated carbocycles. The highest BCUT2D eigenvalue weighted by molar-refractivity contribution is 6.03. The second-order valence-electron chi connectivity index (χ2n) is 6.19. The van der Waals surface area contributed by atoms with Crippen molar-refractivity contribution in [1.82, 2.24) is 14.5 Å². The molecule has 0 bridgehead atoms. The number of pyridine rings is 1. The van der Waals surface area contributed by atoms with Crippen LogP contribution in [-0.2, 0) is 13.2 Å². The van der Waals surface area contributed by atoms with Gasteiger partial charge in [0.05, 0.1) is 23.8 Å². The molecule has 0 unspecified atom stereocenters. The number of aromatic nitrogens is 3. The third-order valence-electron chi connectivity index (χ3n) is 4.52. The maximum Gasteiger partial charge on any atom is 0.297 e. The van der Waals surface area contributed by atoms with Gasteiger partial charge in [0.25, 0.3) is 6.01 Å². The maximum absolute atomic E-state index is 5.92. The molecule has 0 atom stereocenters. The van der Waals surface area contributed by atoms with Gasteiger partial charge in [-0.05, 0) is 24.1 Å². The Morgan fingerprint density at radius 3 is 2.92 bits per heavy atom. The fourth-order valence-electron chi connectivity index (χ4n) is 3.31. The summed E-state index contributed by atoms with van der Waals surface area (Å²) in [6, 6.07) is 16.9. The highest BCUT2D eigenvalue weighted by atomic mass is 16.5. The average Bonchev–Trinajstić information content (AvgIpc) is 3.06. The van der Waals surface area contributed by atoms with Gasteiger partial charge < -0.3 is 9.47 Å². The molecule has 1 aliphatic rings. The van der Waals surface area contributed by atoms with Gasteiger partial charge in [0.15, 0.2) is 0 Å². The van der Waals surface area contributed by atoms with E-state index in [0.29, 0.717) is 12.6 Å². The van der Waals surface area contributed by atoms with Gasteiger partial charge in [-0.25, -0.2) is 0 Å². The molecular formula is C20H17N3O2. The van der Waals surface area contributed by atoms with E-state index in [-0.39, 0.29) is 0 Å². The quantitative estimate of drug-likeness (QED) is 0.570. The predicted octanol–water partition coefficient (Wildman–Crippen LogP) is 3.95. The monoisotopic (exact) mass is 331 g/mol. The smallest absolute Gasteiger partial charge is 0.297 e. The fourth-order valence-corrected chi connectivity index (χ4v) is 3.31. The Balaban J connectivity index is 1.53. The van der Waals surface area contributed by atoms with Gasteiger partial charge in [0.2, 0.25) is 0 Å². The zero-order chi connectivity index (χ0) is 16.6. The van der Waals surface area contributed by atoms with Gasteiger partial charge in [-0.15, -0.1) is 0 Å². The lowest BCUT2D eigenvalue weighted by Gasteiger charge is -2.15. The topological polar surface area (TPSA) is 49.2 Å². The van der Waals surface area contributed by atoms with Crippen molar-refractivity contribution in [2.24, 2.45) is 0 Å². The Morgan fingerprint density at radius 2 is 2.00 bits per heavy atom. The molecule has 5 rings (SSSR count). The number of fused-ring (bicyclic) bond motifs is 5. The van der Waals surface area contributed by atoms with Crippen molar-refractivity contribution in [2.75, 3.05) is 6.61 Å². The molecule has 124 valence electrons. The molecule has 0 N–H and O–H groups in total. The fraction of sp³-hybridized carbons (Fsp3) is 0.200. The minimum absolute atomic E-state index is 0.546. The minimum atomic E-state index is 0.546. The third-order valence-corrected chi connectivity index (χ3v) is 4.52. The van der Waals surface area contributed by atoms with E-state index in [1.165, 1.54) is 0 Å². The van der Waals surface area contributed by atoms with E-state index in [1.807, 2.05) is 36.5 Å². The van der Waals surface area contributed by atoms with Crippen LogP contribution in [0.2, 0.25) is 0 Å². The van der Waals surface area contributed by atoms with Crippen LogP contribution in [0.5, 0.6) is 11.8 Å². The highest BCUT2D eigenvalue weighted by Gasteiger charge is 2.18.